The van der Waals surface area contributed by atoms with Crippen LogP contribution in [0.25, 0.3) is 0 Å². The van der Waals surface area contributed by atoms with E-state index in [4.69, 9.17) is 10.5 Å². The Kier molecular flexibility index (Phi) is 6.46. The minimum atomic E-state index is -0.239. The van der Waals surface area contributed by atoms with Crippen LogP contribution >= 0.6 is 0 Å². The molecular formula is C16H28N4O. The van der Waals surface area contributed by atoms with E-state index in [0.717, 1.165) is 18.5 Å². The van der Waals surface area contributed by atoms with E-state index in [1.54, 1.807) is 6.20 Å². The molecular weight excluding hydrogens is 264 g/mol. The van der Waals surface area contributed by atoms with Crippen molar-refractivity contribution in [1.29, 1.82) is 0 Å². The van der Waals surface area contributed by atoms with Gasteiger partial charge in [0.25, 0.3) is 0 Å². The van der Waals surface area contributed by atoms with E-state index in [2.05, 4.69) is 29.1 Å². The van der Waals surface area contributed by atoms with Crippen molar-refractivity contribution < 1.29 is 4.74 Å². The zero-order valence-corrected chi connectivity index (χ0v) is 13.8. The molecule has 0 aliphatic rings. The first kappa shape index (κ1) is 17.3. The number of guanidine groups is 1. The molecule has 5 heteroatoms. The van der Waals surface area contributed by atoms with Gasteiger partial charge in [0.05, 0.1) is 6.54 Å². The summed E-state index contributed by atoms with van der Waals surface area (Å²) in [6.07, 6.45) is 2.85. The van der Waals surface area contributed by atoms with Gasteiger partial charge >= 0.3 is 0 Å². The number of hydrogen-bond donors (Lipinski definition) is 2. The highest BCUT2D eigenvalue weighted by Gasteiger charge is 2.12. The van der Waals surface area contributed by atoms with Gasteiger partial charge < -0.3 is 15.8 Å². The second kappa shape index (κ2) is 7.86. The van der Waals surface area contributed by atoms with E-state index in [1.807, 2.05) is 32.9 Å². The lowest BCUT2D eigenvalue weighted by atomic mass is 10.1. The molecule has 0 saturated heterocycles. The number of nitrogens with zero attached hydrogens (tertiary/aromatic N) is 2. The van der Waals surface area contributed by atoms with Crippen molar-refractivity contribution in [3.05, 3.63) is 23.9 Å². The minimum Gasteiger partial charge on any atom is -0.472 e. The molecule has 118 valence electrons. The van der Waals surface area contributed by atoms with E-state index in [0.29, 0.717) is 24.3 Å². The predicted octanol–water partition coefficient (Wildman–Crippen LogP) is 2.71. The van der Waals surface area contributed by atoms with Crippen molar-refractivity contribution in [2.24, 2.45) is 16.6 Å². The third-order valence-electron chi connectivity index (χ3n) is 2.67. The molecule has 0 radical (unpaired) electrons. The maximum absolute atomic E-state index is 5.81. The molecule has 0 atom stereocenters. The highest BCUT2D eigenvalue weighted by molar-refractivity contribution is 5.77. The van der Waals surface area contributed by atoms with E-state index in [-0.39, 0.29) is 5.60 Å². The number of nitrogens with two attached hydrogens (primary N) is 1. The van der Waals surface area contributed by atoms with Crippen molar-refractivity contribution in [3.63, 3.8) is 0 Å². The van der Waals surface area contributed by atoms with Crippen LogP contribution in [0.3, 0.4) is 0 Å². The Morgan fingerprint density at radius 2 is 2.10 bits per heavy atom. The Labute approximate surface area is 128 Å². The summed E-state index contributed by atoms with van der Waals surface area (Å²) < 4.78 is 5.67. The Hall–Kier alpha value is -1.78. The summed E-state index contributed by atoms with van der Waals surface area (Å²) in [5.74, 6) is 1.76. The van der Waals surface area contributed by atoms with E-state index in [1.165, 1.54) is 0 Å². The van der Waals surface area contributed by atoms with Crippen LogP contribution in [0.15, 0.2) is 23.3 Å². The smallest absolute Gasteiger partial charge is 0.213 e. The maximum Gasteiger partial charge on any atom is 0.213 e. The highest BCUT2D eigenvalue weighted by Crippen LogP contribution is 2.15. The van der Waals surface area contributed by atoms with Crippen LogP contribution in [0.1, 0.15) is 46.6 Å². The number of nitrogens with one attached hydrogen (secondary N) is 1. The molecule has 1 rings (SSSR count). The number of rotatable bonds is 6. The van der Waals surface area contributed by atoms with Crippen LogP contribution in [0.5, 0.6) is 5.88 Å². The largest absolute Gasteiger partial charge is 0.472 e. The van der Waals surface area contributed by atoms with Crippen molar-refractivity contribution in [1.82, 2.24) is 10.3 Å². The molecule has 0 saturated carbocycles. The fraction of sp³-hybridized carbons (Fsp3) is 0.625. The molecule has 0 aliphatic carbocycles. The van der Waals surface area contributed by atoms with Gasteiger partial charge in [-0.3, -0.25) is 0 Å². The normalized spacial score (nSPS) is 12.6. The molecule has 3 N–H and O–H groups in total. The van der Waals surface area contributed by atoms with Gasteiger partial charge in [-0.05, 0) is 38.7 Å². The highest BCUT2D eigenvalue weighted by atomic mass is 16.5. The van der Waals surface area contributed by atoms with E-state index >= 15 is 0 Å². The van der Waals surface area contributed by atoms with Crippen LogP contribution in [-0.4, -0.2) is 23.1 Å². The summed E-state index contributed by atoms with van der Waals surface area (Å²) in [6.45, 7) is 11.7. The van der Waals surface area contributed by atoms with E-state index < -0.39 is 0 Å². The van der Waals surface area contributed by atoms with Crippen molar-refractivity contribution in [3.8, 4) is 5.88 Å². The van der Waals surface area contributed by atoms with Gasteiger partial charge in [0.2, 0.25) is 5.88 Å². The summed E-state index contributed by atoms with van der Waals surface area (Å²) in [6, 6.07) is 3.82. The second-order valence-electron chi connectivity index (χ2n) is 6.53. The number of pyridine rings is 1. The van der Waals surface area contributed by atoms with Gasteiger partial charge in [0.1, 0.15) is 5.60 Å². The van der Waals surface area contributed by atoms with Crippen LogP contribution in [0.2, 0.25) is 0 Å². The number of ether oxygens (including phenoxy) is 1. The first-order valence-corrected chi connectivity index (χ1v) is 7.44. The fourth-order valence-corrected chi connectivity index (χ4v) is 1.60. The topological polar surface area (TPSA) is 72.5 Å². The molecule has 5 nitrogen and oxygen atoms in total. The Morgan fingerprint density at radius 1 is 1.38 bits per heavy atom. The third kappa shape index (κ3) is 8.17. The van der Waals surface area contributed by atoms with Gasteiger partial charge in [-0.15, -0.1) is 0 Å². The average Bonchev–Trinajstić information content (AvgIpc) is 2.35. The molecule has 0 aromatic carbocycles. The first-order valence-electron chi connectivity index (χ1n) is 7.44. The lowest BCUT2D eigenvalue weighted by Gasteiger charge is -2.20. The van der Waals surface area contributed by atoms with Crippen LogP contribution in [0.4, 0.5) is 0 Å². The van der Waals surface area contributed by atoms with Crippen LogP contribution < -0.4 is 15.8 Å². The summed E-state index contributed by atoms with van der Waals surface area (Å²) in [5.41, 5.74) is 6.58. The molecule has 0 amide bonds. The Balaban J connectivity index is 2.44. The molecule has 0 aliphatic heterocycles. The molecule has 1 aromatic heterocycles. The molecule has 21 heavy (non-hydrogen) atoms. The summed E-state index contributed by atoms with van der Waals surface area (Å²) in [7, 11) is 0. The van der Waals surface area contributed by atoms with Crippen LogP contribution in [0, 0.1) is 5.92 Å². The third-order valence-corrected chi connectivity index (χ3v) is 2.67. The van der Waals surface area contributed by atoms with Gasteiger partial charge in [0.15, 0.2) is 5.96 Å². The van der Waals surface area contributed by atoms with Gasteiger partial charge in [-0.25, -0.2) is 9.98 Å². The van der Waals surface area contributed by atoms with Crippen LogP contribution in [-0.2, 0) is 6.54 Å². The SMILES string of the molecule is CC(C)CCNC(N)=NCc1ccc(OC(C)(C)C)nc1. The molecule has 1 aromatic rings. The lowest BCUT2D eigenvalue weighted by Crippen LogP contribution is -2.32. The summed E-state index contributed by atoms with van der Waals surface area (Å²) >= 11 is 0. The number of aromatic nitrogens is 1. The predicted molar refractivity (Wildman–Crippen MR) is 87.4 cm³/mol. The van der Waals surface area contributed by atoms with Gasteiger partial charge in [-0.1, -0.05) is 19.9 Å². The number of hydrogen-bond acceptors (Lipinski definition) is 3. The van der Waals surface area contributed by atoms with Gasteiger partial charge in [-0.2, -0.15) is 0 Å². The molecule has 0 spiro atoms. The molecule has 0 fully saturated rings. The average molecular weight is 292 g/mol. The number of aliphatic imine (C=N–C) groups is 1. The first-order chi connectivity index (χ1) is 9.76. The summed E-state index contributed by atoms with van der Waals surface area (Å²) in [5, 5.41) is 3.11. The Bertz CT molecular complexity index is 446. The second-order valence-corrected chi connectivity index (χ2v) is 6.53. The lowest BCUT2D eigenvalue weighted by molar-refractivity contribution is 0.124. The van der Waals surface area contributed by atoms with Gasteiger partial charge in [0, 0.05) is 18.8 Å². The fourth-order valence-electron chi connectivity index (χ4n) is 1.60. The van der Waals surface area contributed by atoms with Crippen molar-refractivity contribution in [2.45, 2.75) is 53.2 Å². The zero-order valence-electron chi connectivity index (χ0n) is 13.8. The molecule has 0 unspecified atom stereocenters. The monoisotopic (exact) mass is 292 g/mol. The Morgan fingerprint density at radius 3 is 2.62 bits per heavy atom. The van der Waals surface area contributed by atoms with Crippen molar-refractivity contribution >= 4 is 5.96 Å². The van der Waals surface area contributed by atoms with Crippen molar-refractivity contribution in [2.75, 3.05) is 6.54 Å². The maximum atomic E-state index is 5.81. The molecule has 1 heterocycles. The minimum absolute atomic E-state index is 0.239. The summed E-state index contributed by atoms with van der Waals surface area (Å²) in [4.78, 5) is 8.57. The van der Waals surface area contributed by atoms with E-state index in [9.17, 15) is 0 Å². The molecule has 0 bridgehead atoms. The standard InChI is InChI=1S/C16H28N4O/c1-12(2)8-9-18-15(17)20-11-13-6-7-14(19-10-13)21-16(3,4)5/h6-7,10,12H,8-9,11H2,1-5H3,(H3,17,18,20). The zero-order chi connectivity index (χ0) is 15.9. The quantitative estimate of drug-likeness (QED) is 0.624.